The third-order valence-corrected chi connectivity index (χ3v) is 4.36. The number of nitrogens with two attached hydrogens (primary N) is 1. The highest BCUT2D eigenvalue weighted by Gasteiger charge is 2.51. The van der Waals surface area contributed by atoms with Gasteiger partial charge in [-0.2, -0.15) is 0 Å². The fraction of sp³-hybridized carbons (Fsp3) is 0.923. The molecule has 1 aliphatic heterocycles. The van der Waals surface area contributed by atoms with E-state index in [1.165, 1.54) is 0 Å². The number of carbonyl (C=O) groups excluding carboxylic acids is 1. The molecule has 2 aliphatic rings. The van der Waals surface area contributed by atoms with Gasteiger partial charge in [0.05, 0.1) is 12.7 Å². The van der Waals surface area contributed by atoms with Crippen molar-refractivity contribution < 1.29 is 14.3 Å². The molecule has 2 rings (SSSR count). The maximum atomic E-state index is 12.2. The maximum Gasteiger partial charge on any atom is 0.242 e. The molecule has 1 saturated heterocycles. The Labute approximate surface area is 108 Å². The van der Waals surface area contributed by atoms with Gasteiger partial charge in [-0.15, -0.1) is 0 Å². The van der Waals surface area contributed by atoms with Crippen LogP contribution in [0.3, 0.4) is 0 Å². The monoisotopic (exact) mass is 256 g/mol. The lowest BCUT2D eigenvalue weighted by atomic mass is 9.64. The van der Waals surface area contributed by atoms with Crippen LogP contribution in [-0.4, -0.2) is 43.4 Å². The molecule has 3 atom stereocenters. The minimum Gasteiger partial charge on any atom is -0.379 e. The molecule has 1 saturated carbocycles. The van der Waals surface area contributed by atoms with Gasteiger partial charge < -0.3 is 20.5 Å². The number of rotatable bonds is 4. The van der Waals surface area contributed by atoms with Crippen molar-refractivity contribution in [1.82, 2.24) is 5.32 Å². The molecule has 1 aliphatic carbocycles. The van der Waals surface area contributed by atoms with E-state index in [0.29, 0.717) is 26.2 Å². The summed E-state index contributed by atoms with van der Waals surface area (Å²) in [6, 6.07) is 0.141. The lowest BCUT2D eigenvalue weighted by molar-refractivity contribution is -0.140. The quantitative estimate of drug-likeness (QED) is 0.765. The maximum absolute atomic E-state index is 12.2. The zero-order valence-electron chi connectivity index (χ0n) is 11.5. The van der Waals surface area contributed by atoms with Crippen LogP contribution in [0.15, 0.2) is 0 Å². The standard InChI is InChI=1S/C13H24N2O3/c1-4-18-10-7-9(12(10,2)3)15-11(16)13(14)5-6-17-8-13/h9-10H,4-8,14H2,1-3H3,(H,15,16). The second kappa shape index (κ2) is 4.79. The van der Waals surface area contributed by atoms with E-state index in [4.69, 9.17) is 15.2 Å². The smallest absolute Gasteiger partial charge is 0.242 e. The van der Waals surface area contributed by atoms with E-state index >= 15 is 0 Å². The third kappa shape index (κ3) is 2.27. The van der Waals surface area contributed by atoms with Gasteiger partial charge in [0, 0.05) is 24.7 Å². The van der Waals surface area contributed by atoms with Crippen molar-refractivity contribution in [3.8, 4) is 0 Å². The van der Waals surface area contributed by atoms with Crippen molar-refractivity contribution >= 4 is 5.91 Å². The molecule has 5 heteroatoms. The van der Waals surface area contributed by atoms with E-state index in [1.54, 1.807) is 0 Å². The molecule has 5 nitrogen and oxygen atoms in total. The van der Waals surface area contributed by atoms with Crippen LogP contribution in [0, 0.1) is 5.41 Å². The molecule has 0 aromatic heterocycles. The summed E-state index contributed by atoms with van der Waals surface area (Å²) in [5, 5.41) is 3.05. The van der Waals surface area contributed by atoms with Crippen LogP contribution in [0.5, 0.6) is 0 Å². The van der Waals surface area contributed by atoms with Gasteiger partial charge in [-0.3, -0.25) is 4.79 Å². The molecule has 1 heterocycles. The number of carbonyl (C=O) groups is 1. The van der Waals surface area contributed by atoms with Crippen molar-refractivity contribution in [2.75, 3.05) is 19.8 Å². The number of amides is 1. The Morgan fingerprint density at radius 2 is 2.28 bits per heavy atom. The number of hydrogen-bond donors (Lipinski definition) is 2. The van der Waals surface area contributed by atoms with E-state index < -0.39 is 5.54 Å². The summed E-state index contributed by atoms with van der Waals surface area (Å²) in [5.74, 6) is -0.0898. The lowest BCUT2D eigenvalue weighted by Crippen LogP contribution is -2.66. The molecule has 0 aromatic rings. The molecular weight excluding hydrogens is 232 g/mol. The highest BCUT2D eigenvalue weighted by Crippen LogP contribution is 2.42. The van der Waals surface area contributed by atoms with Crippen LogP contribution in [0.4, 0.5) is 0 Å². The average molecular weight is 256 g/mol. The predicted octanol–water partition coefficient (Wildman–Crippen LogP) is 0.424. The fourth-order valence-electron chi connectivity index (χ4n) is 2.68. The Bertz CT molecular complexity index is 324. The first kappa shape index (κ1) is 13.8. The third-order valence-electron chi connectivity index (χ3n) is 4.36. The van der Waals surface area contributed by atoms with Crippen LogP contribution in [0.25, 0.3) is 0 Å². The summed E-state index contributed by atoms with van der Waals surface area (Å²) < 4.78 is 10.9. The van der Waals surface area contributed by atoms with Crippen molar-refractivity contribution in [1.29, 1.82) is 0 Å². The lowest BCUT2D eigenvalue weighted by Gasteiger charge is -2.52. The van der Waals surface area contributed by atoms with E-state index in [-0.39, 0.29) is 23.5 Å². The molecule has 3 unspecified atom stereocenters. The van der Waals surface area contributed by atoms with E-state index in [0.717, 1.165) is 6.42 Å². The Morgan fingerprint density at radius 1 is 1.56 bits per heavy atom. The first-order chi connectivity index (χ1) is 8.40. The van der Waals surface area contributed by atoms with Gasteiger partial charge in [0.15, 0.2) is 0 Å². The summed E-state index contributed by atoms with van der Waals surface area (Å²) in [7, 11) is 0. The first-order valence-corrected chi connectivity index (χ1v) is 6.69. The fourth-order valence-corrected chi connectivity index (χ4v) is 2.68. The van der Waals surface area contributed by atoms with Crippen molar-refractivity contribution in [3.05, 3.63) is 0 Å². The van der Waals surface area contributed by atoms with Gasteiger partial charge >= 0.3 is 0 Å². The molecule has 1 amide bonds. The minimum absolute atomic E-state index is 0.0263. The topological polar surface area (TPSA) is 73.6 Å². The van der Waals surface area contributed by atoms with Crippen LogP contribution < -0.4 is 11.1 Å². The highest BCUT2D eigenvalue weighted by molar-refractivity contribution is 5.87. The Kier molecular flexibility index (Phi) is 3.67. The first-order valence-electron chi connectivity index (χ1n) is 6.69. The van der Waals surface area contributed by atoms with E-state index in [1.807, 2.05) is 6.92 Å². The number of hydrogen-bond acceptors (Lipinski definition) is 4. The molecule has 18 heavy (non-hydrogen) atoms. The van der Waals surface area contributed by atoms with Crippen molar-refractivity contribution in [3.63, 3.8) is 0 Å². The van der Waals surface area contributed by atoms with E-state index in [2.05, 4.69) is 19.2 Å². The van der Waals surface area contributed by atoms with Gasteiger partial charge in [-0.1, -0.05) is 13.8 Å². The molecule has 2 fully saturated rings. The highest BCUT2D eigenvalue weighted by atomic mass is 16.5. The second-order valence-corrected chi connectivity index (χ2v) is 5.99. The Morgan fingerprint density at radius 3 is 2.78 bits per heavy atom. The van der Waals surface area contributed by atoms with Gasteiger partial charge in [0.2, 0.25) is 5.91 Å². The summed E-state index contributed by atoms with van der Waals surface area (Å²) >= 11 is 0. The predicted molar refractivity (Wildman–Crippen MR) is 68.1 cm³/mol. The Hall–Kier alpha value is -0.650. The minimum atomic E-state index is -0.840. The summed E-state index contributed by atoms with van der Waals surface area (Å²) in [6.07, 6.45) is 1.69. The molecule has 0 aromatic carbocycles. The van der Waals surface area contributed by atoms with Gasteiger partial charge in [-0.05, 0) is 19.8 Å². The van der Waals surface area contributed by atoms with Crippen LogP contribution in [-0.2, 0) is 14.3 Å². The normalized spacial score (nSPS) is 38.2. The molecule has 0 spiro atoms. The molecule has 0 radical (unpaired) electrons. The molecule has 3 N–H and O–H groups in total. The molecule has 0 bridgehead atoms. The summed E-state index contributed by atoms with van der Waals surface area (Å²) in [4.78, 5) is 12.2. The summed E-state index contributed by atoms with van der Waals surface area (Å²) in [6.45, 7) is 7.84. The number of ether oxygens (including phenoxy) is 2. The number of nitrogens with one attached hydrogen (secondary N) is 1. The molecule has 104 valence electrons. The van der Waals surface area contributed by atoms with Gasteiger partial charge in [0.1, 0.15) is 5.54 Å². The zero-order chi connectivity index (χ0) is 13.4. The summed E-state index contributed by atoms with van der Waals surface area (Å²) in [5.41, 5.74) is 5.18. The van der Waals surface area contributed by atoms with Crippen molar-refractivity contribution in [2.24, 2.45) is 11.1 Å². The van der Waals surface area contributed by atoms with E-state index in [9.17, 15) is 4.79 Å². The van der Waals surface area contributed by atoms with Gasteiger partial charge in [0.25, 0.3) is 0 Å². The zero-order valence-corrected chi connectivity index (χ0v) is 11.5. The van der Waals surface area contributed by atoms with Gasteiger partial charge in [-0.25, -0.2) is 0 Å². The largest absolute Gasteiger partial charge is 0.379 e. The van der Waals surface area contributed by atoms with Crippen LogP contribution in [0.2, 0.25) is 0 Å². The SMILES string of the molecule is CCOC1CC(NC(=O)C2(N)CCOC2)C1(C)C. The van der Waals surface area contributed by atoms with Crippen molar-refractivity contribution in [2.45, 2.75) is 51.3 Å². The van der Waals surface area contributed by atoms with Crippen LogP contribution >= 0.6 is 0 Å². The van der Waals surface area contributed by atoms with Crippen LogP contribution in [0.1, 0.15) is 33.6 Å². The second-order valence-electron chi connectivity index (χ2n) is 5.99. The molecular formula is C13H24N2O3. The Balaban J connectivity index is 1.90. The average Bonchev–Trinajstić information content (AvgIpc) is 2.76.